The van der Waals surface area contributed by atoms with Crippen molar-refractivity contribution < 1.29 is 33.2 Å². The summed E-state index contributed by atoms with van der Waals surface area (Å²) < 4.78 is 14.8. The molecule has 3 rings (SSSR count). The number of nitrogens with one attached hydrogen (secondary N) is 2. The molecule has 11 heteroatoms. The van der Waals surface area contributed by atoms with Crippen LogP contribution in [0.4, 0.5) is 5.69 Å². The number of carbonyl (C=O) groups is 4. The van der Waals surface area contributed by atoms with Crippen molar-refractivity contribution in [3.05, 3.63) is 41.0 Å². The Morgan fingerprint density at radius 2 is 1.57 bits per heavy atom. The third kappa shape index (κ3) is 6.65. The van der Waals surface area contributed by atoms with Crippen molar-refractivity contribution in [1.29, 1.82) is 0 Å². The van der Waals surface area contributed by atoms with Gasteiger partial charge in [-0.25, -0.2) is 9.59 Å². The number of benzene rings is 1. The molecule has 0 unspecified atom stereocenters. The van der Waals surface area contributed by atoms with Crippen molar-refractivity contribution in [3.63, 3.8) is 0 Å². The fraction of sp³-hybridized carbons (Fsp3) is 0.500. The summed E-state index contributed by atoms with van der Waals surface area (Å²) in [6.07, 6.45) is 5.72. The second kappa shape index (κ2) is 11.6. The first-order valence-electron chi connectivity index (χ1n) is 11.5. The van der Waals surface area contributed by atoms with Gasteiger partial charge < -0.3 is 24.6 Å². The van der Waals surface area contributed by atoms with Gasteiger partial charge in [-0.3, -0.25) is 9.59 Å². The number of aryl methyl sites for hydroxylation is 1. The lowest BCUT2D eigenvalue weighted by Crippen LogP contribution is -2.45. The van der Waals surface area contributed by atoms with Gasteiger partial charge in [0.25, 0.3) is 0 Å². The zero-order chi connectivity index (χ0) is 25.4. The smallest absolute Gasteiger partial charge is 0.337 e. The Balaban J connectivity index is 1.69. The first kappa shape index (κ1) is 25.9. The highest BCUT2D eigenvalue weighted by molar-refractivity contribution is 5.99. The normalized spacial score (nSPS) is 14.9. The molecule has 0 radical (unpaired) electrons. The van der Waals surface area contributed by atoms with Crippen LogP contribution in [-0.4, -0.2) is 48.1 Å². The zero-order valence-electron chi connectivity index (χ0n) is 20.1. The number of anilines is 1. The van der Waals surface area contributed by atoms with Crippen LogP contribution in [-0.2, 0) is 31.0 Å². The Bertz CT molecular complexity index is 1050. The standard InChI is InChI=1S/C24H30N4O7/c1-15(29)27-24(10-6-4-5-7-11-24)23-26-20(35-28-23)9-8-19(30)25-18-13-16(21(31)33-2)12-17(14-18)22(32)34-3/h12-14H,4-11H2,1-3H3,(H,25,30)(H,27,29). The molecule has 0 bridgehead atoms. The molecular formula is C24H30N4O7. The summed E-state index contributed by atoms with van der Waals surface area (Å²) in [5, 5.41) is 9.80. The zero-order valence-corrected chi connectivity index (χ0v) is 20.1. The Labute approximate surface area is 202 Å². The topological polar surface area (TPSA) is 150 Å². The summed E-state index contributed by atoms with van der Waals surface area (Å²) in [4.78, 5) is 52.8. The van der Waals surface area contributed by atoms with Crippen LogP contribution in [0.15, 0.2) is 22.7 Å². The second-order valence-corrected chi connectivity index (χ2v) is 8.52. The van der Waals surface area contributed by atoms with E-state index >= 15 is 0 Å². The van der Waals surface area contributed by atoms with Crippen LogP contribution in [0.2, 0.25) is 0 Å². The minimum atomic E-state index is -0.662. The molecule has 11 nitrogen and oxygen atoms in total. The first-order chi connectivity index (χ1) is 16.8. The lowest BCUT2D eigenvalue weighted by atomic mass is 9.89. The molecule has 0 spiro atoms. The van der Waals surface area contributed by atoms with Crippen molar-refractivity contribution >= 4 is 29.4 Å². The summed E-state index contributed by atoms with van der Waals surface area (Å²) in [5.74, 6) is -1.14. The van der Waals surface area contributed by atoms with Crippen molar-refractivity contribution in [2.24, 2.45) is 0 Å². The quantitative estimate of drug-likeness (QED) is 0.424. The molecular weight excluding hydrogens is 456 g/mol. The minimum absolute atomic E-state index is 0.0186. The van der Waals surface area contributed by atoms with Crippen LogP contribution < -0.4 is 10.6 Å². The molecule has 0 saturated heterocycles. The number of methoxy groups -OCH3 is 2. The van der Waals surface area contributed by atoms with Gasteiger partial charge in [0.2, 0.25) is 17.7 Å². The van der Waals surface area contributed by atoms with Gasteiger partial charge in [-0.1, -0.05) is 30.8 Å². The summed E-state index contributed by atoms with van der Waals surface area (Å²) in [6, 6.07) is 4.14. The van der Waals surface area contributed by atoms with Crippen LogP contribution in [0.3, 0.4) is 0 Å². The third-order valence-corrected chi connectivity index (χ3v) is 5.89. The van der Waals surface area contributed by atoms with E-state index in [4.69, 9.17) is 14.0 Å². The molecule has 188 valence electrons. The van der Waals surface area contributed by atoms with Gasteiger partial charge in [0.05, 0.1) is 25.3 Å². The monoisotopic (exact) mass is 486 g/mol. The lowest BCUT2D eigenvalue weighted by Gasteiger charge is -2.30. The average Bonchev–Trinajstić information content (AvgIpc) is 3.21. The van der Waals surface area contributed by atoms with E-state index in [2.05, 4.69) is 20.8 Å². The molecule has 1 saturated carbocycles. The van der Waals surface area contributed by atoms with Crippen molar-refractivity contribution in [2.45, 2.75) is 63.8 Å². The third-order valence-electron chi connectivity index (χ3n) is 5.89. The molecule has 2 aromatic rings. The fourth-order valence-corrected chi connectivity index (χ4v) is 4.24. The van der Waals surface area contributed by atoms with Crippen LogP contribution in [0.1, 0.15) is 84.3 Å². The number of ether oxygens (including phenoxy) is 2. The molecule has 1 aromatic heterocycles. The molecule has 2 amide bonds. The molecule has 1 aliphatic rings. The number of aromatic nitrogens is 2. The van der Waals surface area contributed by atoms with E-state index in [0.717, 1.165) is 38.5 Å². The molecule has 1 aromatic carbocycles. The van der Waals surface area contributed by atoms with Crippen LogP contribution >= 0.6 is 0 Å². The molecule has 0 atom stereocenters. The van der Waals surface area contributed by atoms with Crippen LogP contribution in [0.25, 0.3) is 0 Å². The highest BCUT2D eigenvalue weighted by Gasteiger charge is 2.38. The first-order valence-corrected chi connectivity index (χ1v) is 11.5. The van der Waals surface area contributed by atoms with Crippen molar-refractivity contribution in [1.82, 2.24) is 15.5 Å². The Morgan fingerprint density at radius 1 is 0.971 bits per heavy atom. The van der Waals surface area contributed by atoms with E-state index in [0.29, 0.717) is 5.82 Å². The number of esters is 2. The van der Waals surface area contributed by atoms with E-state index in [1.165, 1.54) is 39.3 Å². The molecule has 0 aliphatic heterocycles. The van der Waals surface area contributed by atoms with Gasteiger partial charge in [-0.2, -0.15) is 4.98 Å². The Kier molecular flexibility index (Phi) is 8.56. The van der Waals surface area contributed by atoms with E-state index in [1.807, 2.05) is 0 Å². The number of carbonyl (C=O) groups excluding carboxylic acids is 4. The Morgan fingerprint density at radius 3 is 2.11 bits per heavy atom. The van der Waals surface area contributed by atoms with Gasteiger partial charge >= 0.3 is 11.9 Å². The Hall–Kier alpha value is -3.76. The largest absolute Gasteiger partial charge is 0.465 e. The van der Waals surface area contributed by atoms with Gasteiger partial charge in [0, 0.05) is 25.5 Å². The maximum absolute atomic E-state index is 12.6. The van der Waals surface area contributed by atoms with E-state index in [1.54, 1.807) is 0 Å². The van der Waals surface area contributed by atoms with Gasteiger partial charge in [-0.15, -0.1) is 0 Å². The van der Waals surface area contributed by atoms with Crippen molar-refractivity contribution in [2.75, 3.05) is 19.5 Å². The molecule has 1 heterocycles. The number of hydrogen-bond donors (Lipinski definition) is 2. The maximum atomic E-state index is 12.6. The van der Waals surface area contributed by atoms with Gasteiger partial charge in [0.1, 0.15) is 5.54 Å². The predicted molar refractivity (Wildman–Crippen MR) is 124 cm³/mol. The fourth-order valence-electron chi connectivity index (χ4n) is 4.24. The van der Waals surface area contributed by atoms with E-state index in [9.17, 15) is 19.2 Å². The highest BCUT2D eigenvalue weighted by atomic mass is 16.5. The van der Waals surface area contributed by atoms with Gasteiger partial charge in [0.15, 0.2) is 5.82 Å². The minimum Gasteiger partial charge on any atom is -0.465 e. The van der Waals surface area contributed by atoms with Crippen molar-refractivity contribution in [3.8, 4) is 0 Å². The maximum Gasteiger partial charge on any atom is 0.337 e. The van der Waals surface area contributed by atoms with Crippen LogP contribution in [0, 0.1) is 0 Å². The predicted octanol–water partition coefficient (Wildman–Crippen LogP) is 2.90. The van der Waals surface area contributed by atoms with Gasteiger partial charge in [-0.05, 0) is 31.0 Å². The molecule has 35 heavy (non-hydrogen) atoms. The number of rotatable bonds is 8. The summed E-state index contributed by atoms with van der Waals surface area (Å²) in [5.41, 5.74) is -0.226. The summed E-state index contributed by atoms with van der Waals surface area (Å²) in [6.45, 7) is 1.47. The molecule has 2 N–H and O–H groups in total. The number of nitrogens with zero attached hydrogens (tertiary/aromatic N) is 2. The second-order valence-electron chi connectivity index (χ2n) is 8.52. The average molecular weight is 487 g/mol. The summed E-state index contributed by atoms with van der Waals surface area (Å²) in [7, 11) is 2.43. The van der Waals surface area contributed by atoms with Crippen LogP contribution in [0.5, 0.6) is 0 Å². The lowest BCUT2D eigenvalue weighted by molar-refractivity contribution is -0.121. The molecule has 1 aliphatic carbocycles. The highest BCUT2D eigenvalue weighted by Crippen LogP contribution is 2.34. The SMILES string of the molecule is COC(=O)c1cc(NC(=O)CCc2nc(C3(NC(C)=O)CCCCCC3)no2)cc(C(=O)OC)c1. The number of amides is 2. The number of hydrogen-bond acceptors (Lipinski definition) is 9. The molecule has 1 fully saturated rings. The van der Waals surface area contributed by atoms with E-state index in [-0.39, 0.29) is 47.4 Å². The summed E-state index contributed by atoms with van der Waals surface area (Å²) >= 11 is 0. The van der Waals surface area contributed by atoms with E-state index < -0.39 is 17.5 Å².